The zero-order chi connectivity index (χ0) is 14.8. The van der Waals surface area contributed by atoms with Gasteiger partial charge in [-0.25, -0.2) is 8.42 Å². The Morgan fingerprint density at radius 2 is 2.10 bits per heavy atom. The van der Waals surface area contributed by atoms with Crippen LogP contribution in [-0.4, -0.2) is 26.8 Å². The fourth-order valence-corrected chi connectivity index (χ4v) is 4.94. The molecule has 1 fully saturated rings. The zero-order valence-electron chi connectivity index (χ0n) is 12.1. The molecule has 0 amide bonds. The van der Waals surface area contributed by atoms with Crippen molar-refractivity contribution in [3.63, 3.8) is 0 Å². The number of methoxy groups -OCH3 is 1. The largest absolute Gasteiger partial charge is 0.497 e. The Hall–Kier alpha value is -1.07. The van der Waals surface area contributed by atoms with Crippen LogP contribution in [0.2, 0.25) is 0 Å². The van der Waals surface area contributed by atoms with Gasteiger partial charge in [0, 0.05) is 6.04 Å². The summed E-state index contributed by atoms with van der Waals surface area (Å²) in [6.45, 7) is 2.11. The molecular weight excluding hydrogens is 274 g/mol. The summed E-state index contributed by atoms with van der Waals surface area (Å²) in [7, 11) is -1.86. The molecule has 1 aromatic rings. The van der Waals surface area contributed by atoms with Gasteiger partial charge in [0.1, 0.15) is 5.75 Å². The maximum absolute atomic E-state index is 12.8. The van der Waals surface area contributed by atoms with Crippen LogP contribution in [-0.2, 0) is 9.84 Å². The van der Waals surface area contributed by atoms with E-state index in [1.165, 1.54) is 7.11 Å². The molecule has 0 aliphatic heterocycles. The molecule has 1 aromatic carbocycles. The summed E-state index contributed by atoms with van der Waals surface area (Å²) in [6.07, 6.45) is 3.49. The highest BCUT2D eigenvalue weighted by Gasteiger charge is 2.37. The molecule has 1 aliphatic carbocycles. The normalized spacial score (nSPS) is 27.2. The molecule has 0 bridgehead atoms. The van der Waals surface area contributed by atoms with Crippen LogP contribution in [0.3, 0.4) is 0 Å². The first-order valence-electron chi connectivity index (χ1n) is 7.12. The number of rotatable bonds is 4. The number of hydrogen-bond acceptors (Lipinski definition) is 4. The number of ether oxygens (including phenoxy) is 1. The SMILES string of the molecule is CCC1CCC(N)C(S(=O)(=O)c2cccc(OC)c2)C1. The summed E-state index contributed by atoms with van der Waals surface area (Å²) in [4.78, 5) is 0.314. The number of benzene rings is 1. The van der Waals surface area contributed by atoms with Crippen LogP contribution in [0.25, 0.3) is 0 Å². The minimum Gasteiger partial charge on any atom is -0.497 e. The smallest absolute Gasteiger partial charge is 0.182 e. The molecule has 2 N–H and O–H groups in total. The minimum absolute atomic E-state index is 0.269. The lowest BCUT2D eigenvalue weighted by Gasteiger charge is -2.33. The van der Waals surface area contributed by atoms with Gasteiger partial charge >= 0.3 is 0 Å². The second-order valence-corrected chi connectivity index (χ2v) is 7.68. The minimum atomic E-state index is -3.39. The molecule has 4 nitrogen and oxygen atoms in total. The van der Waals surface area contributed by atoms with Crippen LogP contribution in [0.1, 0.15) is 32.6 Å². The summed E-state index contributed by atoms with van der Waals surface area (Å²) in [5.74, 6) is 1.02. The highest BCUT2D eigenvalue weighted by Crippen LogP contribution is 2.33. The van der Waals surface area contributed by atoms with Crippen molar-refractivity contribution in [3.8, 4) is 5.75 Å². The highest BCUT2D eigenvalue weighted by atomic mass is 32.2. The predicted octanol–water partition coefficient (Wildman–Crippen LogP) is 2.37. The van der Waals surface area contributed by atoms with Gasteiger partial charge in [-0.15, -0.1) is 0 Å². The van der Waals surface area contributed by atoms with Crippen molar-refractivity contribution < 1.29 is 13.2 Å². The van der Waals surface area contributed by atoms with Gasteiger partial charge in [0.2, 0.25) is 0 Å². The first-order chi connectivity index (χ1) is 9.48. The number of nitrogens with two attached hydrogens (primary N) is 1. The van der Waals surface area contributed by atoms with Crippen molar-refractivity contribution >= 4 is 9.84 Å². The van der Waals surface area contributed by atoms with Crippen molar-refractivity contribution in [2.24, 2.45) is 11.7 Å². The summed E-state index contributed by atoms with van der Waals surface area (Å²) in [6, 6.07) is 6.39. The Morgan fingerprint density at radius 3 is 2.75 bits per heavy atom. The fraction of sp³-hybridized carbons (Fsp3) is 0.600. The van der Waals surface area contributed by atoms with Gasteiger partial charge in [0.05, 0.1) is 17.3 Å². The lowest BCUT2D eigenvalue weighted by Crippen LogP contribution is -2.45. The van der Waals surface area contributed by atoms with E-state index < -0.39 is 15.1 Å². The lowest BCUT2D eigenvalue weighted by atomic mass is 9.84. The Bertz CT molecular complexity index is 556. The van der Waals surface area contributed by atoms with Crippen LogP contribution in [0.4, 0.5) is 0 Å². The molecule has 0 spiro atoms. The lowest BCUT2D eigenvalue weighted by molar-refractivity contribution is 0.319. The third-order valence-electron chi connectivity index (χ3n) is 4.30. The van der Waals surface area contributed by atoms with Crippen LogP contribution >= 0.6 is 0 Å². The molecule has 112 valence electrons. The number of sulfone groups is 1. The van der Waals surface area contributed by atoms with Gasteiger partial charge in [0.25, 0.3) is 0 Å². The molecule has 1 saturated carbocycles. The first-order valence-corrected chi connectivity index (χ1v) is 8.67. The van der Waals surface area contributed by atoms with E-state index in [0.29, 0.717) is 23.0 Å². The van der Waals surface area contributed by atoms with Crippen molar-refractivity contribution in [2.45, 2.75) is 48.8 Å². The summed E-state index contributed by atoms with van der Waals surface area (Å²) >= 11 is 0. The molecule has 1 aliphatic rings. The van der Waals surface area contributed by atoms with E-state index in [1.54, 1.807) is 24.3 Å². The third kappa shape index (κ3) is 2.99. The van der Waals surface area contributed by atoms with Crippen molar-refractivity contribution in [3.05, 3.63) is 24.3 Å². The molecule has 3 atom stereocenters. The Balaban J connectivity index is 2.32. The van der Waals surface area contributed by atoms with Crippen LogP contribution in [0.15, 0.2) is 29.2 Å². The van der Waals surface area contributed by atoms with Gasteiger partial charge in [-0.1, -0.05) is 19.4 Å². The van der Waals surface area contributed by atoms with E-state index in [2.05, 4.69) is 6.92 Å². The van der Waals surface area contributed by atoms with Crippen LogP contribution in [0.5, 0.6) is 5.75 Å². The second kappa shape index (κ2) is 6.14. The van der Waals surface area contributed by atoms with Crippen molar-refractivity contribution in [1.82, 2.24) is 0 Å². The van der Waals surface area contributed by atoms with E-state index in [-0.39, 0.29) is 6.04 Å². The van der Waals surface area contributed by atoms with E-state index in [4.69, 9.17) is 10.5 Å². The standard InChI is InChI=1S/C15H23NO3S/c1-3-11-7-8-14(16)15(9-11)20(17,18)13-6-4-5-12(10-13)19-2/h4-6,10-11,14-15H,3,7-9,16H2,1-2H3. The van der Waals surface area contributed by atoms with Gasteiger partial charge in [0.15, 0.2) is 9.84 Å². The average Bonchev–Trinajstić information content (AvgIpc) is 2.47. The molecule has 0 saturated heterocycles. The monoisotopic (exact) mass is 297 g/mol. The quantitative estimate of drug-likeness (QED) is 0.926. The molecule has 20 heavy (non-hydrogen) atoms. The van der Waals surface area contributed by atoms with E-state index in [0.717, 1.165) is 19.3 Å². The molecule has 3 unspecified atom stereocenters. The fourth-order valence-electron chi connectivity index (χ4n) is 2.92. The Kier molecular flexibility index (Phi) is 4.70. The zero-order valence-corrected chi connectivity index (χ0v) is 12.9. The molecule has 0 heterocycles. The molecular formula is C15H23NO3S. The van der Waals surface area contributed by atoms with E-state index >= 15 is 0 Å². The Morgan fingerprint density at radius 1 is 1.35 bits per heavy atom. The highest BCUT2D eigenvalue weighted by molar-refractivity contribution is 7.92. The van der Waals surface area contributed by atoms with E-state index in [1.807, 2.05) is 0 Å². The maximum Gasteiger partial charge on any atom is 0.182 e. The third-order valence-corrected chi connectivity index (χ3v) is 6.55. The van der Waals surface area contributed by atoms with Crippen molar-refractivity contribution in [1.29, 1.82) is 0 Å². The maximum atomic E-state index is 12.8. The molecule has 0 aromatic heterocycles. The van der Waals surface area contributed by atoms with Gasteiger partial charge in [-0.3, -0.25) is 0 Å². The summed E-state index contributed by atoms with van der Waals surface area (Å²) < 4.78 is 30.7. The van der Waals surface area contributed by atoms with Gasteiger partial charge in [-0.2, -0.15) is 0 Å². The van der Waals surface area contributed by atoms with E-state index in [9.17, 15) is 8.42 Å². The van der Waals surface area contributed by atoms with Crippen molar-refractivity contribution in [2.75, 3.05) is 7.11 Å². The second-order valence-electron chi connectivity index (χ2n) is 5.51. The molecule has 5 heteroatoms. The molecule has 2 rings (SSSR count). The number of hydrogen-bond donors (Lipinski definition) is 1. The Labute approximate surface area is 121 Å². The van der Waals surface area contributed by atoms with Gasteiger partial charge < -0.3 is 10.5 Å². The topological polar surface area (TPSA) is 69.4 Å². The first kappa shape index (κ1) is 15.3. The average molecular weight is 297 g/mol. The van der Waals surface area contributed by atoms with Crippen LogP contribution < -0.4 is 10.5 Å². The van der Waals surface area contributed by atoms with Gasteiger partial charge in [-0.05, 0) is 43.4 Å². The summed E-state index contributed by atoms with van der Waals surface area (Å²) in [5, 5.41) is -0.478. The summed E-state index contributed by atoms with van der Waals surface area (Å²) in [5.41, 5.74) is 6.08. The molecule has 0 radical (unpaired) electrons. The predicted molar refractivity (Wildman–Crippen MR) is 79.6 cm³/mol. The van der Waals surface area contributed by atoms with Crippen LogP contribution in [0, 0.1) is 5.92 Å².